The Morgan fingerprint density at radius 1 is 1.53 bits per heavy atom. The third kappa shape index (κ3) is 3.42. The molecule has 1 fully saturated rings. The highest BCUT2D eigenvalue weighted by Gasteiger charge is 2.20. The van der Waals surface area contributed by atoms with Crippen molar-refractivity contribution in [3.63, 3.8) is 0 Å². The molecule has 1 heterocycles. The van der Waals surface area contributed by atoms with Gasteiger partial charge in [0.15, 0.2) is 0 Å². The van der Waals surface area contributed by atoms with Crippen molar-refractivity contribution >= 4 is 21.6 Å². The molecule has 1 aliphatic heterocycles. The van der Waals surface area contributed by atoms with E-state index in [2.05, 4.69) is 20.8 Å². The zero-order chi connectivity index (χ0) is 12.3. The zero-order valence-electron chi connectivity index (χ0n) is 9.60. The first-order valence-corrected chi connectivity index (χ1v) is 6.47. The second-order valence-corrected chi connectivity index (χ2v) is 5.12. The molecule has 0 bridgehead atoms. The molecule has 1 saturated heterocycles. The summed E-state index contributed by atoms with van der Waals surface area (Å²) in [6.45, 7) is 3.28. The fourth-order valence-electron chi connectivity index (χ4n) is 1.97. The Balaban J connectivity index is 2.00. The van der Waals surface area contributed by atoms with Gasteiger partial charge < -0.3 is 15.6 Å². The lowest BCUT2D eigenvalue weighted by Crippen LogP contribution is -2.43. The summed E-state index contributed by atoms with van der Waals surface area (Å²) in [5.41, 5.74) is 7.67. The van der Waals surface area contributed by atoms with Crippen LogP contribution in [0.25, 0.3) is 0 Å². The fourth-order valence-corrected chi connectivity index (χ4v) is 2.49. The van der Waals surface area contributed by atoms with Gasteiger partial charge in [-0.05, 0) is 17.7 Å². The predicted molar refractivity (Wildman–Crippen MR) is 70.7 cm³/mol. The fraction of sp³-hybridized carbons (Fsp3) is 0.500. The first kappa shape index (κ1) is 12.8. The number of anilines is 1. The van der Waals surface area contributed by atoms with Gasteiger partial charge in [-0.3, -0.25) is 4.90 Å². The van der Waals surface area contributed by atoms with Crippen molar-refractivity contribution in [3.8, 4) is 0 Å². The summed E-state index contributed by atoms with van der Waals surface area (Å²) in [7, 11) is 0. The van der Waals surface area contributed by atoms with Crippen molar-refractivity contribution in [1.82, 2.24) is 4.90 Å². The van der Waals surface area contributed by atoms with E-state index in [0.717, 1.165) is 29.8 Å². The van der Waals surface area contributed by atoms with Crippen LogP contribution in [0.1, 0.15) is 5.56 Å². The molecule has 0 saturated carbocycles. The van der Waals surface area contributed by atoms with Crippen LogP contribution in [-0.2, 0) is 11.3 Å². The summed E-state index contributed by atoms with van der Waals surface area (Å²) in [5, 5.41) is 9.09. The minimum atomic E-state index is -0.0590. The van der Waals surface area contributed by atoms with E-state index < -0.39 is 0 Å². The summed E-state index contributed by atoms with van der Waals surface area (Å²) < 4.78 is 6.45. The number of nitrogens with two attached hydrogens (primary N) is 1. The Morgan fingerprint density at radius 3 is 3.06 bits per heavy atom. The maximum absolute atomic E-state index is 9.09. The first-order chi connectivity index (χ1) is 8.19. The summed E-state index contributed by atoms with van der Waals surface area (Å²) in [6.07, 6.45) is -0.0590. The molecule has 3 N–H and O–H groups in total. The van der Waals surface area contributed by atoms with Crippen LogP contribution >= 0.6 is 15.9 Å². The summed E-state index contributed by atoms with van der Waals surface area (Å²) in [5.74, 6) is 0. The smallest absolute Gasteiger partial charge is 0.0933 e. The van der Waals surface area contributed by atoms with Crippen molar-refractivity contribution < 1.29 is 9.84 Å². The standard InChI is InChI=1S/C12H17BrN2O2/c13-12-5-10(14)2-1-9(12)6-15-3-4-17-11(7-15)8-16/h1-2,5,11,16H,3-4,6-8,14H2. The third-order valence-electron chi connectivity index (χ3n) is 2.90. The molecule has 2 rings (SSSR count). The van der Waals surface area contributed by atoms with Gasteiger partial charge in [-0.15, -0.1) is 0 Å². The van der Waals surface area contributed by atoms with E-state index in [-0.39, 0.29) is 12.7 Å². The van der Waals surface area contributed by atoms with E-state index in [9.17, 15) is 0 Å². The predicted octanol–water partition coefficient (Wildman–Crippen LogP) is 1.22. The second kappa shape index (κ2) is 5.82. The summed E-state index contributed by atoms with van der Waals surface area (Å²) in [4.78, 5) is 2.28. The number of nitrogen functional groups attached to an aromatic ring is 1. The number of hydrogen-bond acceptors (Lipinski definition) is 4. The molecule has 0 radical (unpaired) electrons. The normalized spacial score (nSPS) is 21.6. The molecule has 0 amide bonds. The molecule has 1 unspecified atom stereocenters. The van der Waals surface area contributed by atoms with E-state index in [1.165, 1.54) is 5.56 Å². The number of halogens is 1. The largest absolute Gasteiger partial charge is 0.399 e. The topological polar surface area (TPSA) is 58.7 Å². The molecule has 5 heteroatoms. The van der Waals surface area contributed by atoms with Crippen LogP contribution in [0.15, 0.2) is 22.7 Å². The molecule has 0 spiro atoms. The highest BCUT2D eigenvalue weighted by atomic mass is 79.9. The molecule has 1 aromatic rings. The van der Waals surface area contributed by atoms with Crippen molar-refractivity contribution in [2.45, 2.75) is 12.6 Å². The van der Waals surface area contributed by atoms with Crippen LogP contribution in [0.3, 0.4) is 0 Å². The van der Waals surface area contributed by atoms with Crippen LogP contribution in [0.2, 0.25) is 0 Å². The van der Waals surface area contributed by atoms with Gasteiger partial charge in [0, 0.05) is 29.8 Å². The van der Waals surface area contributed by atoms with Gasteiger partial charge in [-0.25, -0.2) is 0 Å². The van der Waals surface area contributed by atoms with Crippen LogP contribution < -0.4 is 5.73 Å². The molecule has 17 heavy (non-hydrogen) atoms. The van der Waals surface area contributed by atoms with Crippen molar-refractivity contribution in [3.05, 3.63) is 28.2 Å². The van der Waals surface area contributed by atoms with E-state index >= 15 is 0 Å². The minimum Gasteiger partial charge on any atom is -0.399 e. The quantitative estimate of drug-likeness (QED) is 0.824. The number of ether oxygens (including phenoxy) is 1. The Bertz CT molecular complexity index is 387. The Hall–Kier alpha value is -0.620. The lowest BCUT2D eigenvalue weighted by molar-refractivity contribution is -0.0551. The number of benzene rings is 1. The van der Waals surface area contributed by atoms with Crippen LogP contribution in [0.5, 0.6) is 0 Å². The minimum absolute atomic E-state index is 0.0590. The summed E-state index contributed by atoms with van der Waals surface area (Å²) in [6, 6.07) is 5.85. The molecule has 1 aliphatic rings. The number of rotatable bonds is 3. The van der Waals surface area contributed by atoms with Gasteiger partial charge in [-0.2, -0.15) is 0 Å². The number of hydrogen-bond donors (Lipinski definition) is 2. The van der Waals surface area contributed by atoms with Gasteiger partial charge in [0.05, 0.1) is 19.3 Å². The Labute approximate surface area is 109 Å². The molecular formula is C12H17BrN2O2. The highest BCUT2D eigenvalue weighted by molar-refractivity contribution is 9.10. The molecule has 0 aliphatic carbocycles. The van der Waals surface area contributed by atoms with Gasteiger partial charge in [0.1, 0.15) is 0 Å². The third-order valence-corrected chi connectivity index (χ3v) is 3.64. The molecule has 0 aromatic heterocycles. The monoisotopic (exact) mass is 300 g/mol. The molecule has 1 atom stereocenters. The maximum Gasteiger partial charge on any atom is 0.0933 e. The summed E-state index contributed by atoms with van der Waals surface area (Å²) >= 11 is 3.52. The van der Waals surface area contributed by atoms with Crippen molar-refractivity contribution in [2.24, 2.45) is 0 Å². The number of morpholine rings is 1. The average molecular weight is 301 g/mol. The lowest BCUT2D eigenvalue weighted by Gasteiger charge is -2.32. The molecule has 94 valence electrons. The second-order valence-electron chi connectivity index (χ2n) is 4.26. The SMILES string of the molecule is Nc1ccc(CN2CCOC(CO)C2)c(Br)c1. The van der Waals surface area contributed by atoms with E-state index in [1.54, 1.807) is 0 Å². The van der Waals surface area contributed by atoms with E-state index in [4.69, 9.17) is 15.6 Å². The van der Waals surface area contributed by atoms with Gasteiger partial charge >= 0.3 is 0 Å². The average Bonchev–Trinajstić information content (AvgIpc) is 2.33. The van der Waals surface area contributed by atoms with E-state index in [0.29, 0.717) is 6.61 Å². The Morgan fingerprint density at radius 2 is 2.35 bits per heavy atom. The zero-order valence-corrected chi connectivity index (χ0v) is 11.2. The molecule has 4 nitrogen and oxygen atoms in total. The highest BCUT2D eigenvalue weighted by Crippen LogP contribution is 2.22. The number of nitrogens with zero attached hydrogens (tertiary/aromatic N) is 1. The van der Waals surface area contributed by atoms with Crippen LogP contribution in [0.4, 0.5) is 5.69 Å². The van der Waals surface area contributed by atoms with Gasteiger partial charge in [0.2, 0.25) is 0 Å². The number of aliphatic hydroxyl groups is 1. The maximum atomic E-state index is 9.09. The molecular weight excluding hydrogens is 284 g/mol. The van der Waals surface area contributed by atoms with Gasteiger partial charge in [-0.1, -0.05) is 22.0 Å². The van der Waals surface area contributed by atoms with Crippen LogP contribution in [-0.4, -0.2) is 42.4 Å². The van der Waals surface area contributed by atoms with Gasteiger partial charge in [0.25, 0.3) is 0 Å². The molecule has 1 aromatic carbocycles. The first-order valence-electron chi connectivity index (χ1n) is 5.68. The Kier molecular flexibility index (Phi) is 4.39. The van der Waals surface area contributed by atoms with Crippen LogP contribution in [0, 0.1) is 0 Å². The lowest BCUT2D eigenvalue weighted by atomic mass is 10.1. The number of aliphatic hydroxyl groups excluding tert-OH is 1. The van der Waals surface area contributed by atoms with Crippen molar-refractivity contribution in [2.75, 3.05) is 32.0 Å². The van der Waals surface area contributed by atoms with Crippen molar-refractivity contribution in [1.29, 1.82) is 0 Å². The van der Waals surface area contributed by atoms with E-state index in [1.807, 2.05) is 18.2 Å².